The summed E-state index contributed by atoms with van der Waals surface area (Å²) in [6.45, 7) is 7.27. The minimum Gasteiger partial charge on any atom is -0.314 e. The molecule has 0 radical (unpaired) electrons. The number of nitrogens with one attached hydrogen (secondary N) is 1. The first kappa shape index (κ1) is 13.1. The number of hydrogen-bond acceptors (Lipinski definition) is 5. The van der Waals surface area contributed by atoms with E-state index in [1.807, 2.05) is 19.1 Å². The maximum Gasteiger partial charge on any atom is 0.166 e. The number of aryl methyl sites for hydroxylation is 1. The second-order valence-corrected chi connectivity index (χ2v) is 5.59. The predicted molar refractivity (Wildman–Crippen MR) is 74.7 cm³/mol. The summed E-state index contributed by atoms with van der Waals surface area (Å²) in [5, 5.41) is 13.8. The second-order valence-electron chi connectivity index (χ2n) is 4.53. The fraction of sp³-hybridized carbons (Fsp3) is 0.462. The highest BCUT2D eigenvalue weighted by Crippen LogP contribution is 2.24. The Hall–Kier alpha value is -1.33. The number of nitrogens with zero attached hydrogens (tertiary/aromatic N) is 3. The molecule has 0 atom stereocenters. The molecule has 2 heterocycles. The maximum absolute atomic E-state index is 4.36. The molecule has 1 N–H and O–H groups in total. The van der Waals surface area contributed by atoms with E-state index in [1.54, 1.807) is 17.5 Å². The average molecular weight is 262 g/mol. The van der Waals surface area contributed by atoms with Crippen LogP contribution in [0.15, 0.2) is 18.3 Å². The lowest BCUT2D eigenvalue weighted by atomic mass is 10.2. The van der Waals surface area contributed by atoms with Crippen LogP contribution < -0.4 is 5.32 Å². The van der Waals surface area contributed by atoms with Gasteiger partial charge in [0.1, 0.15) is 10.7 Å². The van der Waals surface area contributed by atoms with Crippen LogP contribution in [0.1, 0.15) is 24.4 Å². The molecule has 18 heavy (non-hydrogen) atoms. The van der Waals surface area contributed by atoms with Crippen LogP contribution in [0.25, 0.3) is 10.7 Å². The van der Waals surface area contributed by atoms with Gasteiger partial charge < -0.3 is 5.32 Å². The molecule has 0 unspecified atom stereocenters. The van der Waals surface area contributed by atoms with Crippen LogP contribution in [-0.4, -0.2) is 27.8 Å². The van der Waals surface area contributed by atoms with Gasteiger partial charge in [0.15, 0.2) is 5.01 Å². The van der Waals surface area contributed by atoms with Crippen LogP contribution >= 0.6 is 11.3 Å². The SMILES string of the molecule is Cc1cccnc1-c1nnc(CCNC(C)C)s1. The van der Waals surface area contributed by atoms with E-state index in [0.717, 1.165) is 34.2 Å². The third-order valence-corrected chi connectivity index (χ3v) is 3.56. The molecular weight excluding hydrogens is 244 g/mol. The first-order valence-corrected chi connectivity index (χ1v) is 6.96. The van der Waals surface area contributed by atoms with Gasteiger partial charge in [0, 0.05) is 25.2 Å². The van der Waals surface area contributed by atoms with Crippen molar-refractivity contribution in [2.24, 2.45) is 0 Å². The molecule has 0 amide bonds. The number of aromatic nitrogens is 3. The van der Waals surface area contributed by atoms with E-state index in [9.17, 15) is 0 Å². The zero-order chi connectivity index (χ0) is 13.0. The van der Waals surface area contributed by atoms with Crippen molar-refractivity contribution in [3.8, 4) is 10.7 Å². The quantitative estimate of drug-likeness (QED) is 0.899. The predicted octanol–water partition coefficient (Wildman–Crippen LogP) is 2.45. The lowest BCUT2D eigenvalue weighted by Crippen LogP contribution is -2.24. The van der Waals surface area contributed by atoms with Crippen LogP contribution in [0.5, 0.6) is 0 Å². The highest BCUT2D eigenvalue weighted by molar-refractivity contribution is 7.14. The van der Waals surface area contributed by atoms with E-state index in [0.29, 0.717) is 6.04 Å². The molecule has 2 aromatic rings. The summed E-state index contributed by atoms with van der Waals surface area (Å²) in [5.41, 5.74) is 2.08. The molecule has 96 valence electrons. The molecule has 0 aliphatic rings. The van der Waals surface area contributed by atoms with Gasteiger partial charge in [-0.2, -0.15) is 0 Å². The van der Waals surface area contributed by atoms with Crippen LogP contribution in [-0.2, 0) is 6.42 Å². The van der Waals surface area contributed by atoms with E-state index >= 15 is 0 Å². The molecule has 0 saturated heterocycles. The largest absolute Gasteiger partial charge is 0.314 e. The Morgan fingerprint density at radius 1 is 1.33 bits per heavy atom. The van der Waals surface area contributed by atoms with Gasteiger partial charge in [0.2, 0.25) is 0 Å². The lowest BCUT2D eigenvalue weighted by Gasteiger charge is -2.05. The fourth-order valence-corrected chi connectivity index (χ4v) is 2.53. The van der Waals surface area contributed by atoms with Crippen LogP contribution in [0, 0.1) is 6.92 Å². The van der Waals surface area contributed by atoms with Gasteiger partial charge in [-0.05, 0) is 18.6 Å². The van der Waals surface area contributed by atoms with Crippen LogP contribution in [0.2, 0.25) is 0 Å². The number of hydrogen-bond donors (Lipinski definition) is 1. The second kappa shape index (κ2) is 6.02. The third kappa shape index (κ3) is 3.34. The number of pyridine rings is 1. The molecule has 2 aromatic heterocycles. The van der Waals surface area contributed by atoms with Gasteiger partial charge in [0.05, 0.1) is 0 Å². The summed E-state index contributed by atoms with van der Waals surface area (Å²) in [6.07, 6.45) is 2.71. The highest BCUT2D eigenvalue weighted by Gasteiger charge is 2.09. The molecule has 0 aromatic carbocycles. The van der Waals surface area contributed by atoms with Crippen molar-refractivity contribution >= 4 is 11.3 Å². The molecule has 0 aliphatic carbocycles. The van der Waals surface area contributed by atoms with E-state index in [1.165, 1.54) is 0 Å². The van der Waals surface area contributed by atoms with Crippen molar-refractivity contribution in [3.63, 3.8) is 0 Å². The molecular formula is C13H18N4S. The van der Waals surface area contributed by atoms with E-state index in [2.05, 4.69) is 34.3 Å². The minimum atomic E-state index is 0.510. The van der Waals surface area contributed by atoms with Crippen molar-refractivity contribution in [2.75, 3.05) is 6.54 Å². The smallest absolute Gasteiger partial charge is 0.166 e. The minimum absolute atomic E-state index is 0.510. The first-order valence-electron chi connectivity index (χ1n) is 6.14. The molecule has 0 aliphatic heterocycles. The molecule has 0 spiro atoms. The molecule has 2 rings (SSSR count). The molecule has 0 bridgehead atoms. The number of rotatable bonds is 5. The Bertz CT molecular complexity index is 507. The lowest BCUT2D eigenvalue weighted by molar-refractivity contribution is 0.588. The zero-order valence-electron chi connectivity index (χ0n) is 11.0. The molecule has 4 nitrogen and oxygen atoms in total. The summed E-state index contributed by atoms with van der Waals surface area (Å²) >= 11 is 1.63. The summed E-state index contributed by atoms with van der Waals surface area (Å²) < 4.78 is 0. The summed E-state index contributed by atoms with van der Waals surface area (Å²) in [4.78, 5) is 4.36. The summed E-state index contributed by atoms with van der Waals surface area (Å²) in [6, 6.07) is 4.49. The van der Waals surface area contributed by atoms with Gasteiger partial charge in [-0.15, -0.1) is 10.2 Å². The monoisotopic (exact) mass is 262 g/mol. The Morgan fingerprint density at radius 2 is 2.17 bits per heavy atom. The van der Waals surface area contributed by atoms with Gasteiger partial charge >= 0.3 is 0 Å². The third-order valence-electron chi connectivity index (χ3n) is 2.57. The molecule has 0 fully saturated rings. The summed E-state index contributed by atoms with van der Waals surface area (Å²) in [7, 11) is 0. The van der Waals surface area contributed by atoms with E-state index in [-0.39, 0.29) is 0 Å². The van der Waals surface area contributed by atoms with Crippen LogP contribution in [0.4, 0.5) is 0 Å². The van der Waals surface area contributed by atoms with Crippen LogP contribution in [0.3, 0.4) is 0 Å². The van der Waals surface area contributed by atoms with Crippen molar-refractivity contribution in [3.05, 3.63) is 28.9 Å². The molecule has 0 saturated carbocycles. The Kier molecular flexibility index (Phi) is 4.38. The van der Waals surface area contributed by atoms with Crippen molar-refractivity contribution in [2.45, 2.75) is 33.2 Å². The Balaban J connectivity index is 2.04. The standard InChI is InChI=1S/C13H18N4S/c1-9(2)14-8-6-11-16-17-13(18-11)12-10(3)5-4-7-15-12/h4-5,7,9,14H,6,8H2,1-3H3. The van der Waals surface area contributed by atoms with E-state index in [4.69, 9.17) is 0 Å². The highest BCUT2D eigenvalue weighted by atomic mass is 32.1. The normalized spacial score (nSPS) is 11.1. The Labute approximate surface area is 111 Å². The van der Waals surface area contributed by atoms with Gasteiger partial charge in [0.25, 0.3) is 0 Å². The maximum atomic E-state index is 4.36. The average Bonchev–Trinajstić information content (AvgIpc) is 2.78. The first-order chi connectivity index (χ1) is 8.66. The van der Waals surface area contributed by atoms with Gasteiger partial charge in [-0.1, -0.05) is 31.3 Å². The fourth-order valence-electron chi connectivity index (χ4n) is 1.63. The van der Waals surface area contributed by atoms with Crippen molar-refractivity contribution in [1.29, 1.82) is 0 Å². The molecule has 5 heteroatoms. The van der Waals surface area contributed by atoms with E-state index < -0.39 is 0 Å². The topological polar surface area (TPSA) is 50.7 Å². The van der Waals surface area contributed by atoms with Crippen molar-refractivity contribution < 1.29 is 0 Å². The summed E-state index contributed by atoms with van der Waals surface area (Å²) in [5.74, 6) is 0. The van der Waals surface area contributed by atoms with Crippen molar-refractivity contribution in [1.82, 2.24) is 20.5 Å². The van der Waals surface area contributed by atoms with Gasteiger partial charge in [-0.25, -0.2) is 0 Å². The zero-order valence-corrected chi connectivity index (χ0v) is 11.8. The Morgan fingerprint density at radius 3 is 2.89 bits per heavy atom. The van der Waals surface area contributed by atoms with Gasteiger partial charge in [-0.3, -0.25) is 4.98 Å².